The van der Waals surface area contributed by atoms with Crippen molar-refractivity contribution in [2.24, 2.45) is 0 Å². The van der Waals surface area contributed by atoms with E-state index in [1.807, 2.05) is 72.9 Å². The van der Waals surface area contributed by atoms with Crippen molar-refractivity contribution in [2.75, 3.05) is 39.5 Å². The summed E-state index contributed by atoms with van der Waals surface area (Å²) in [5, 5.41) is 2.94. The number of ether oxygens (including phenoxy) is 2. The zero-order valence-electron chi connectivity index (χ0n) is 18.9. The molecule has 33 heavy (non-hydrogen) atoms. The normalized spacial score (nSPS) is 14.1. The van der Waals surface area contributed by atoms with Crippen LogP contribution in [0.25, 0.3) is 11.1 Å². The van der Waals surface area contributed by atoms with Crippen molar-refractivity contribution in [2.45, 2.75) is 19.4 Å². The summed E-state index contributed by atoms with van der Waals surface area (Å²) in [6, 6.07) is 21.9. The van der Waals surface area contributed by atoms with Crippen LogP contribution in [0.5, 0.6) is 5.75 Å². The minimum absolute atomic E-state index is 0.0331. The number of benzene rings is 2. The molecule has 1 N–H and O–H groups in total. The molecule has 1 aliphatic heterocycles. The van der Waals surface area contributed by atoms with Crippen LogP contribution in [0.15, 0.2) is 72.9 Å². The first-order chi connectivity index (χ1) is 16.3. The standard InChI is InChI=1S/C27H31N3O3/c31-27(29-20-22-5-2-1-3-6-22)19-25-10-7-24(21-28-25)23-8-11-26(12-9-23)33-16-4-13-30-14-17-32-18-15-30/h1-3,5-12,21H,4,13-20H2,(H,29,31). The maximum Gasteiger partial charge on any atom is 0.226 e. The van der Waals surface area contributed by atoms with Gasteiger partial charge in [-0.25, -0.2) is 0 Å². The number of rotatable bonds is 10. The van der Waals surface area contributed by atoms with E-state index in [0.717, 1.165) is 67.4 Å². The lowest BCUT2D eigenvalue weighted by Crippen LogP contribution is -2.37. The van der Waals surface area contributed by atoms with Crippen LogP contribution in [-0.4, -0.2) is 55.2 Å². The number of pyridine rings is 1. The van der Waals surface area contributed by atoms with Gasteiger partial charge in [0.25, 0.3) is 0 Å². The second-order valence-corrected chi connectivity index (χ2v) is 8.16. The molecule has 0 atom stereocenters. The Morgan fingerprint density at radius 1 is 0.970 bits per heavy atom. The molecule has 0 radical (unpaired) electrons. The molecule has 1 saturated heterocycles. The molecule has 2 aromatic carbocycles. The number of nitrogens with one attached hydrogen (secondary N) is 1. The Morgan fingerprint density at radius 3 is 2.45 bits per heavy atom. The second kappa shape index (κ2) is 12.1. The molecular weight excluding hydrogens is 414 g/mol. The Balaban J connectivity index is 1.20. The van der Waals surface area contributed by atoms with Crippen molar-refractivity contribution < 1.29 is 14.3 Å². The first-order valence-corrected chi connectivity index (χ1v) is 11.6. The maximum absolute atomic E-state index is 12.2. The van der Waals surface area contributed by atoms with E-state index in [-0.39, 0.29) is 12.3 Å². The molecule has 1 aliphatic rings. The molecule has 0 bridgehead atoms. The molecule has 4 rings (SSSR count). The van der Waals surface area contributed by atoms with E-state index in [1.54, 1.807) is 0 Å². The third-order valence-electron chi connectivity index (χ3n) is 5.68. The van der Waals surface area contributed by atoms with E-state index in [1.165, 1.54) is 0 Å². The van der Waals surface area contributed by atoms with E-state index >= 15 is 0 Å². The summed E-state index contributed by atoms with van der Waals surface area (Å²) in [5.74, 6) is 0.842. The molecule has 172 valence electrons. The molecule has 1 aromatic heterocycles. The third kappa shape index (κ3) is 7.41. The van der Waals surface area contributed by atoms with Crippen molar-refractivity contribution in [3.05, 3.63) is 84.2 Å². The summed E-state index contributed by atoms with van der Waals surface area (Å²) >= 11 is 0. The fraction of sp³-hybridized carbons (Fsp3) is 0.333. The number of nitrogens with zero attached hydrogens (tertiary/aromatic N) is 2. The number of morpholine rings is 1. The van der Waals surface area contributed by atoms with Gasteiger partial charge < -0.3 is 14.8 Å². The highest BCUT2D eigenvalue weighted by atomic mass is 16.5. The summed E-state index contributed by atoms with van der Waals surface area (Å²) in [6.45, 7) is 5.97. The van der Waals surface area contributed by atoms with Crippen LogP contribution in [0, 0.1) is 0 Å². The quantitative estimate of drug-likeness (QED) is 0.482. The van der Waals surface area contributed by atoms with Gasteiger partial charge in [-0.05, 0) is 35.7 Å². The molecule has 6 nitrogen and oxygen atoms in total. The minimum atomic E-state index is -0.0331. The second-order valence-electron chi connectivity index (χ2n) is 8.16. The Kier molecular flexibility index (Phi) is 8.44. The number of hydrogen-bond acceptors (Lipinski definition) is 5. The minimum Gasteiger partial charge on any atom is -0.494 e. The van der Waals surface area contributed by atoms with Crippen LogP contribution >= 0.6 is 0 Å². The van der Waals surface area contributed by atoms with Crippen molar-refractivity contribution in [3.8, 4) is 16.9 Å². The van der Waals surface area contributed by atoms with Gasteiger partial charge in [0.05, 0.1) is 26.2 Å². The number of hydrogen-bond donors (Lipinski definition) is 1. The molecule has 0 aliphatic carbocycles. The lowest BCUT2D eigenvalue weighted by molar-refractivity contribution is -0.120. The molecule has 1 amide bonds. The fourth-order valence-corrected chi connectivity index (χ4v) is 3.77. The predicted molar refractivity (Wildman–Crippen MR) is 129 cm³/mol. The summed E-state index contributed by atoms with van der Waals surface area (Å²) in [4.78, 5) is 19.1. The van der Waals surface area contributed by atoms with Crippen LogP contribution < -0.4 is 10.1 Å². The van der Waals surface area contributed by atoms with Gasteiger partial charge in [0, 0.05) is 43.6 Å². The average Bonchev–Trinajstić information content (AvgIpc) is 2.88. The summed E-state index contributed by atoms with van der Waals surface area (Å²) in [6.07, 6.45) is 3.09. The Labute approximate surface area is 195 Å². The van der Waals surface area contributed by atoms with E-state index in [4.69, 9.17) is 9.47 Å². The molecule has 3 aromatic rings. The lowest BCUT2D eigenvalue weighted by atomic mass is 10.1. The van der Waals surface area contributed by atoms with Crippen molar-refractivity contribution in [1.82, 2.24) is 15.2 Å². The Bertz CT molecular complexity index is 985. The van der Waals surface area contributed by atoms with Gasteiger partial charge in [-0.3, -0.25) is 14.7 Å². The lowest BCUT2D eigenvalue weighted by Gasteiger charge is -2.26. The highest BCUT2D eigenvalue weighted by Gasteiger charge is 2.09. The van der Waals surface area contributed by atoms with Crippen LogP contribution in [-0.2, 0) is 22.5 Å². The largest absolute Gasteiger partial charge is 0.494 e. The predicted octanol–water partition coefficient (Wildman–Crippen LogP) is 3.71. The molecule has 0 saturated carbocycles. The van der Waals surface area contributed by atoms with E-state index in [2.05, 4.69) is 15.2 Å². The zero-order valence-corrected chi connectivity index (χ0v) is 18.9. The van der Waals surface area contributed by atoms with Gasteiger partial charge in [0.2, 0.25) is 5.91 Å². The van der Waals surface area contributed by atoms with E-state index < -0.39 is 0 Å². The van der Waals surface area contributed by atoms with Gasteiger partial charge in [-0.1, -0.05) is 48.5 Å². The first-order valence-electron chi connectivity index (χ1n) is 11.6. The van der Waals surface area contributed by atoms with Crippen molar-refractivity contribution >= 4 is 5.91 Å². The smallest absolute Gasteiger partial charge is 0.226 e. The van der Waals surface area contributed by atoms with Gasteiger partial charge in [0.1, 0.15) is 5.75 Å². The Morgan fingerprint density at radius 2 is 1.73 bits per heavy atom. The highest BCUT2D eigenvalue weighted by molar-refractivity contribution is 5.78. The monoisotopic (exact) mass is 445 g/mol. The summed E-state index contributed by atoms with van der Waals surface area (Å²) in [7, 11) is 0. The van der Waals surface area contributed by atoms with Gasteiger partial charge in [0.15, 0.2) is 0 Å². The van der Waals surface area contributed by atoms with Crippen molar-refractivity contribution in [3.63, 3.8) is 0 Å². The topological polar surface area (TPSA) is 63.7 Å². The number of carbonyl (C=O) groups is 1. The Hall–Kier alpha value is -3.22. The van der Waals surface area contributed by atoms with Crippen molar-refractivity contribution in [1.29, 1.82) is 0 Å². The van der Waals surface area contributed by atoms with Crippen LogP contribution in [0.2, 0.25) is 0 Å². The SMILES string of the molecule is O=C(Cc1ccc(-c2ccc(OCCCN3CCOCC3)cc2)cn1)NCc1ccccc1. The summed E-state index contributed by atoms with van der Waals surface area (Å²) < 4.78 is 11.3. The highest BCUT2D eigenvalue weighted by Crippen LogP contribution is 2.22. The molecule has 6 heteroatoms. The van der Waals surface area contributed by atoms with Gasteiger partial charge in [-0.2, -0.15) is 0 Å². The van der Waals surface area contributed by atoms with Crippen LogP contribution in [0.3, 0.4) is 0 Å². The summed E-state index contributed by atoms with van der Waals surface area (Å²) in [5.41, 5.74) is 3.92. The first kappa shape index (κ1) is 23.0. The fourth-order valence-electron chi connectivity index (χ4n) is 3.77. The number of amides is 1. The van der Waals surface area contributed by atoms with E-state index in [0.29, 0.717) is 13.2 Å². The molecule has 0 unspecified atom stereocenters. The van der Waals surface area contributed by atoms with Gasteiger partial charge in [-0.15, -0.1) is 0 Å². The molecule has 2 heterocycles. The van der Waals surface area contributed by atoms with Crippen LogP contribution in [0.4, 0.5) is 0 Å². The molecule has 1 fully saturated rings. The molecular formula is C27H31N3O3. The maximum atomic E-state index is 12.2. The zero-order chi connectivity index (χ0) is 22.7. The van der Waals surface area contributed by atoms with Crippen LogP contribution in [0.1, 0.15) is 17.7 Å². The number of aromatic nitrogens is 1. The molecule has 0 spiro atoms. The van der Waals surface area contributed by atoms with Gasteiger partial charge >= 0.3 is 0 Å². The third-order valence-corrected chi connectivity index (χ3v) is 5.68. The number of carbonyl (C=O) groups excluding carboxylic acids is 1. The van der Waals surface area contributed by atoms with E-state index in [9.17, 15) is 4.79 Å². The average molecular weight is 446 g/mol.